The molecule has 0 saturated heterocycles. The Morgan fingerprint density at radius 1 is 0.971 bits per heavy atom. The molecule has 0 bridgehead atoms. The van der Waals surface area contributed by atoms with Crippen LogP contribution >= 0.6 is 23.1 Å². The fourth-order valence-electron chi connectivity index (χ4n) is 3.33. The Labute approximate surface area is 206 Å². The number of thioether (sulfide) groups is 1. The highest BCUT2D eigenvalue weighted by atomic mass is 32.2. The summed E-state index contributed by atoms with van der Waals surface area (Å²) < 4.78 is 2.02. The summed E-state index contributed by atoms with van der Waals surface area (Å²) >= 11 is 2.90. The van der Waals surface area contributed by atoms with Crippen LogP contribution in [0.4, 0.5) is 5.69 Å². The molecule has 4 rings (SSSR count). The highest BCUT2D eigenvalue weighted by Gasteiger charge is 2.17. The summed E-state index contributed by atoms with van der Waals surface area (Å²) in [4.78, 5) is 25.7. The van der Waals surface area contributed by atoms with Gasteiger partial charge in [0.25, 0.3) is 0 Å². The highest BCUT2D eigenvalue weighted by Crippen LogP contribution is 2.28. The van der Waals surface area contributed by atoms with Crippen molar-refractivity contribution in [3.8, 4) is 10.7 Å². The van der Waals surface area contributed by atoms with Crippen LogP contribution in [0.1, 0.15) is 16.7 Å². The molecule has 0 atom stereocenters. The molecule has 9 heteroatoms. The Bertz CT molecular complexity index is 1270. The maximum absolute atomic E-state index is 12.4. The van der Waals surface area contributed by atoms with Crippen molar-refractivity contribution in [3.05, 3.63) is 82.7 Å². The molecule has 4 aromatic rings. The van der Waals surface area contributed by atoms with Crippen LogP contribution in [0.2, 0.25) is 0 Å². The van der Waals surface area contributed by atoms with Gasteiger partial charge in [0.2, 0.25) is 11.8 Å². The Balaban J connectivity index is 1.36. The van der Waals surface area contributed by atoms with Crippen molar-refractivity contribution in [2.45, 2.75) is 25.5 Å². The van der Waals surface area contributed by atoms with Crippen LogP contribution < -0.4 is 10.6 Å². The lowest BCUT2D eigenvalue weighted by Crippen LogP contribution is -2.34. The normalized spacial score (nSPS) is 10.8. The van der Waals surface area contributed by atoms with Crippen LogP contribution in [-0.2, 0) is 16.1 Å². The van der Waals surface area contributed by atoms with Crippen LogP contribution in [0, 0.1) is 13.8 Å². The van der Waals surface area contributed by atoms with Crippen LogP contribution in [0.15, 0.2) is 71.2 Å². The summed E-state index contributed by atoms with van der Waals surface area (Å²) in [5.74, 6) is 0.399. The van der Waals surface area contributed by atoms with Crippen molar-refractivity contribution in [1.82, 2.24) is 20.1 Å². The number of benzene rings is 2. The lowest BCUT2D eigenvalue weighted by Gasteiger charge is -2.11. The molecule has 0 spiro atoms. The Hall–Kier alpha value is -3.43. The molecule has 2 aromatic heterocycles. The smallest absolute Gasteiger partial charge is 0.243 e. The second kappa shape index (κ2) is 11.1. The number of rotatable bonds is 9. The third-order valence-electron chi connectivity index (χ3n) is 5.30. The summed E-state index contributed by atoms with van der Waals surface area (Å²) in [7, 11) is 0. The maximum Gasteiger partial charge on any atom is 0.243 e. The van der Waals surface area contributed by atoms with Crippen LogP contribution in [0.5, 0.6) is 0 Å². The second-order valence-electron chi connectivity index (χ2n) is 7.72. The molecule has 0 fully saturated rings. The van der Waals surface area contributed by atoms with E-state index in [0.717, 1.165) is 33.1 Å². The first kappa shape index (κ1) is 23.7. The monoisotopic (exact) mass is 491 g/mol. The molecule has 0 radical (unpaired) electrons. The van der Waals surface area contributed by atoms with Crippen molar-refractivity contribution < 1.29 is 9.59 Å². The molecular weight excluding hydrogens is 466 g/mol. The van der Waals surface area contributed by atoms with Gasteiger partial charge in [-0.1, -0.05) is 60.3 Å². The van der Waals surface area contributed by atoms with Crippen molar-refractivity contribution in [2.75, 3.05) is 17.6 Å². The average Bonchev–Trinajstić information content (AvgIpc) is 3.50. The molecule has 2 aromatic carbocycles. The largest absolute Gasteiger partial charge is 0.346 e. The predicted octanol–water partition coefficient (Wildman–Crippen LogP) is 4.52. The van der Waals surface area contributed by atoms with E-state index >= 15 is 0 Å². The van der Waals surface area contributed by atoms with Gasteiger partial charge < -0.3 is 10.6 Å². The molecule has 2 N–H and O–H groups in total. The van der Waals surface area contributed by atoms with E-state index in [-0.39, 0.29) is 24.1 Å². The molecule has 0 aliphatic heterocycles. The summed E-state index contributed by atoms with van der Waals surface area (Å²) in [6, 6.07) is 19.8. The molecule has 2 heterocycles. The van der Waals surface area contributed by atoms with E-state index in [1.165, 1.54) is 11.8 Å². The number of anilines is 1. The van der Waals surface area contributed by atoms with E-state index in [0.29, 0.717) is 11.7 Å². The number of carbonyl (C=O) groups excluding carboxylic acids is 2. The van der Waals surface area contributed by atoms with E-state index in [2.05, 4.69) is 20.8 Å². The molecule has 2 amide bonds. The zero-order valence-corrected chi connectivity index (χ0v) is 20.6. The van der Waals surface area contributed by atoms with Crippen LogP contribution in [-0.4, -0.2) is 38.9 Å². The van der Waals surface area contributed by atoms with E-state index < -0.39 is 0 Å². The van der Waals surface area contributed by atoms with Crippen molar-refractivity contribution in [3.63, 3.8) is 0 Å². The number of aromatic nitrogens is 3. The summed E-state index contributed by atoms with van der Waals surface area (Å²) in [6.07, 6.45) is 0. The Kier molecular flexibility index (Phi) is 7.76. The highest BCUT2D eigenvalue weighted by molar-refractivity contribution is 7.99. The quantitative estimate of drug-likeness (QED) is 0.336. The van der Waals surface area contributed by atoms with Crippen molar-refractivity contribution in [1.29, 1.82) is 0 Å². The van der Waals surface area contributed by atoms with Gasteiger partial charge in [-0.25, -0.2) is 0 Å². The minimum Gasteiger partial charge on any atom is -0.346 e. The molecule has 0 unspecified atom stereocenters. The average molecular weight is 492 g/mol. The van der Waals surface area contributed by atoms with E-state index in [4.69, 9.17) is 0 Å². The fourth-order valence-corrected chi connectivity index (χ4v) is 4.82. The number of nitrogens with zero attached hydrogens (tertiary/aromatic N) is 3. The van der Waals surface area contributed by atoms with Crippen LogP contribution in [0.25, 0.3) is 10.7 Å². The number of aryl methyl sites for hydroxylation is 1. The minimum absolute atomic E-state index is 0.0933. The topological polar surface area (TPSA) is 88.9 Å². The zero-order chi connectivity index (χ0) is 23.9. The molecule has 0 aliphatic rings. The van der Waals surface area contributed by atoms with E-state index in [9.17, 15) is 9.59 Å². The number of carbonyl (C=O) groups is 2. The van der Waals surface area contributed by atoms with Crippen molar-refractivity contribution in [2.24, 2.45) is 0 Å². The van der Waals surface area contributed by atoms with Crippen LogP contribution in [0.3, 0.4) is 0 Å². The summed E-state index contributed by atoms with van der Waals surface area (Å²) in [5, 5.41) is 16.9. The zero-order valence-electron chi connectivity index (χ0n) is 18.9. The first-order valence-corrected chi connectivity index (χ1v) is 12.6. The van der Waals surface area contributed by atoms with Gasteiger partial charge in [-0.15, -0.1) is 21.5 Å². The third-order valence-corrected chi connectivity index (χ3v) is 7.13. The molecule has 174 valence electrons. The number of thiophene rings is 1. The van der Waals surface area contributed by atoms with Gasteiger partial charge in [-0.2, -0.15) is 0 Å². The second-order valence-corrected chi connectivity index (χ2v) is 9.61. The molecule has 0 aliphatic carbocycles. The SMILES string of the molecule is Cc1cccc(NC(=O)CNC(=O)CSc2nnc(-c3cccs3)n2Cc2ccccc2)c1C. The van der Waals surface area contributed by atoms with Gasteiger partial charge >= 0.3 is 0 Å². The molecule has 7 nitrogen and oxygen atoms in total. The number of amides is 2. The van der Waals surface area contributed by atoms with Gasteiger partial charge in [-0.05, 0) is 48.1 Å². The predicted molar refractivity (Wildman–Crippen MR) is 137 cm³/mol. The van der Waals surface area contributed by atoms with Gasteiger partial charge in [0.05, 0.1) is 23.7 Å². The van der Waals surface area contributed by atoms with E-state index in [1.807, 2.05) is 84.5 Å². The van der Waals surface area contributed by atoms with Gasteiger partial charge in [-0.3, -0.25) is 14.2 Å². The maximum atomic E-state index is 12.4. The molecule has 0 saturated carbocycles. The number of hydrogen-bond donors (Lipinski definition) is 2. The van der Waals surface area contributed by atoms with E-state index in [1.54, 1.807) is 11.3 Å². The first-order chi connectivity index (χ1) is 16.5. The third kappa shape index (κ3) is 5.92. The summed E-state index contributed by atoms with van der Waals surface area (Å²) in [5.41, 5.74) is 3.98. The minimum atomic E-state index is -0.265. The van der Waals surface area contributed by atoms with Crippen molar-refractivity contribution >= 4 is 40.6 Å². The lowest BCUT2D eigenvalue weighted by atomic mass is 10.1. The first-order valence-electron chi connectivity index (χ1n) is 10.8. The van der Waals surface area contributed by atoms with Gasteiger partial charge in [0.15, 0.2) is 11.0 Å². The molecule has 34 heavy (non-hydrogen) atoms. The van der Waals surface area contributed by atoms with Gasteiger partial charge in [0, 0.05) is 5.69 Å². The standard InChI is InChI=1S/C25H25N5O2S2/c1-17-8-6-11-20(18(17)2)27-22(31)14-26-23(32)16-34-25-29-28-24(21-12-7-13-33-21)30(25)15-19-9-4-3-5-10-19/h3-13H,14-16H2,1-2H3,(H,26,32)(H,27,31). The van der Waals surface area contributed by atoms with Gasteiger partial charge in [0.1, 0.15) is 0 Å². The fraction of sp³-hybridized carbons (Fsp3) is 0.200. The summed E-state index contributed by atoms with van der Waals surface area (Å²) in [6.45, 7) is 4.45. The Morgan fingerprint density at radius 3 is 2.56 bits per heavy atom. The molecular formula is C25H25N5O2S2. The lowest BCUT2D eigenvalue weighted by molar-refractivity contribution is -0.122. The number of nitrogens with one attached hydrogen (secondary N) is 2. The number of hydrogen-bond acceptors (Lipinski definition) is 6. The Morgan fingerprint density at radius 2 is 1.79 bits per heavy atom.